The highest BCUT2D eigenvalue weighted by molar-refractivity contribution is 7.80. The molecule has 0 aliphatic rings. The molecular formula is C58H70ClN11O10S2. The lowest BCUT2D eigenvalue weighted by molar-refractivity contribution is -0.136. The quantitative estimate of drug-likeness (QED) is 0.0226. The highest BCUT2D eigenvalue weighted by Crippen LogP contribution is 2.21. The summed E-state index contributed by atoms with van der Waals surface area (Å²) in [4.78, 5) is 115. The maximum atomic E-state index is 14.8. The molecule has 0 aliphatic heterocycles. The molecule has 1 aromatic heterocycles. The van der Waals surface area contributed by atoms with E-state index in [0.29, 0.717) is 34.6 Å². The molecule has 9 atom stereocenters. The number of carbonyl (C=O) groups excluding carboxylic acids is 8. The van der Waals surface area contributed by atoms with Gasteiger partial charge in [0.15, 0.2) is 0 Å². The van der Waals surface area contributed by atoms with Crippen molar-refractivity contribution in [3.8, 4) is 5.75 Å². The van der Waals surface area contributed by atoms with Crippen molar-refractivity contribution in [3.05, 3.63) is 149 Å². The minimum Gasteiger partial charge on any atom is -0.508 e. The lowest BCUT2D eigenvalue weighted by Gasteiger charge is -2.28. The standard InChI is InChI=1S/C58H70ClN11O10S2/c1-32(71)50(58(80)69-49(31-82)56(78)65-45(51(62)73)27-35-13-18-36-8-2-3-9-37(36)24-35)70-53(75)44(12-6-7-23-60)64-55(77)47(28-38-29-63-43-11-5-4-10-41(38)43)67-54(76)46(26-34-16-21-40(72)22-17-34)66-57(79)48(30-81)68-52(74)42(61)25-33-14-19-39(59)20-15-33/h2-5,8-11,13-22,24,29,32,42,44-50,63,71-72,81-82H,6-7,12,23,25-28,30-31,60-61H2,1H3,(H2,62,73)(H,64,77)(H,65,78)(H,66,79)(H,67,76)(H,68,74)(H,69,80)(H,70,75)/t32-,42-,44+,45+,46+,47-,48-,49+,50+/m1/s1. The number of nitrogens with one attached hydrogen (secondary N) is 8. The second-order valence-electron chi connectivity index (χ2n) is 19.9. The van der Waals surface area contributed by atoms with Gasteiger partial charge in [-0.3, -0.25) is 38.4 Å². The molecule has 6 aromatic rings. The van der Waals surface area contributed by atoms with Crippen LogP contribution in [-0.2, 0) is 64.0 Å². The zero-order valence-electron chi connectivity index (χ0n) is 45.0. The fraction of sp³-hybridized carbons (Fsp3) is 0.345. The summed E-state index contributed by atoms with van der Waals surface area (Å²) in [5.41, 5.74) is 21.0. The Bertz CT molecular complexity index is 3190. The summed E-state index contributed by atoms with van der Waals surface area (Å²) >= 11 is 14.6. The molecule has 0 radical (unpaired) electrons. The van der Waals surface area contributed by atoms with Crippen LogP contribution in [0.15, 0.2) is 121 Å². The monoisotopic (exact) mass is 1180 g/mol. The third-order valence-electron chi connectivity index (χ3n) is 13.6. The Hall–Kier alpha value is -7.67. The smallest absolute Gasteiger partial charge is 0.245 e. The average molecular weight is 1180 g/mol. The fourth-order valence-electron chi connectivity index (χ4n) is 9.04. The first-order chi connectivity index (χ1) is 39.3. The van der Waals surface area contributed by atoms with Crippen LogP contribution in [0.2, 0.25) is 5.02 Å². The predicted molar refractivity (Wildman–Crippen MR) is 320 cm³/mol. The Kier molecular flexibility index (Phi) is 24.0. The molecule has 0 saturated carbocycles. The number of fused-ring (bicyclic) bond motifs is 2. The molecule has 6 rings (SSSR count). The number of halogens is 1. The number of nitrogens with two attached hydrogens (primary N) is 3. The largest absolute Gasteiger partial charge is 0.508 e. The number of hydrogen-bond acceptors (Lipinski definition) is 14. The molecule has 21 nitrogen and oxygen atoms in total. The van der Waals surface area contributed by atoms with Crippen molar-refractivity contribution < 1.29 is 48.6 Å². The Morgan fingerprint density at radius 3 is 1.68 bits per heavy atom. The van der Waals surface area contributed by atoms with Gasteiger partial charge in [0, 0.05) is 52.9 Å². The van der Waals surface area contributed by atoms with Gasteiger partial charge < -0.3 is 69.6 Å². The van der Waals surface area contributed by atoms with Crippen molar-refractivity contribution in [2.24, 2.45) is 17.2 Å². The van der Waals surface area contributed by atoms with Crippen molar-refractivity contribution in [1.82, 2.24) is 42.2 Å². The van der Waals surface area contributed by atoms with Crippen LogP contribution < -0.4 is 54.4 Å². The molecule has 16 N–H and O–H groups in total. The van der Waals surface area contributed by atoms with E-state index in [1.54, 1.807) is 42.6 Å². The van der Waals surface area contributed by atoms with E-state index in [0.717, 1.165) is 27.2 Å². The molecule has 0 bridgehead atoms. The molecule has 82 heavy (non-hydrogen) atoms. The van der Waals surface area contributed by atoms with Crippen molar-refractivity contribution in [2.75, 3.05) is 18.1 Å². The van der Waals surface area contributed by atoms with Gasteiger partial charge in [-0.2, -0.15) is 25.3 Å². The molecule has 0 fully saturated rings. The zero-order chi connectivity index (χ0) is 59.5. The first-order valence-corrected chi connectivity index (χ1v) is 28.2. The second kappa shape index (κ2) is 31.0. The molecule has 436 valence electrons. The topological polar surface area (TPSA) is 355 Å². The number of unbranched alkanes of at least 4 members (excludes halogenated alkanes) is 1. The Balaban J connectivity index is 1.20. The van der Waals surface area contributed by atoms with E-state index in [4.69, 9.17) is 28.8 Å². The number of H-pyrrole nitrogens is 1. The molecule has 0 unspecified atom stereocenters. The van der Waals surface area contributed by atoms with E-state index >= 15 is 0 Å². The predicted octanol–water partition coefficient (Wildman–Crippen LogP) is 1.53. The van der Waals surface area contributed by atoms with Crippen molar-refractivity contribution >= 4 is 106 Å². The molecule has 0 spiro atoms. The molecule has 5 aromatic carbocycles. The first-order valence-electron chi connectivity index (χ1n) is 26.6. The van der Waals surface area contributed by atoms with Gasteiger partial charge in [-0.05, 0) is 103 Å². The number of aromatic hydroxyl groups is 1. The van der Waals surface area contributed by atoms with Crippen molar-refractivity contribution in [3.63, 3.8) is 0 Å². The summed E-state index contributed by atoms with van der Waals surface area (Å²) in [7, 11) is 0. The third-order valence-corrected chi connectivity index (χ3v) is 14.6. The van der Waals surface area contributed by atoms with Crippen molar-refractivity contribution in [2.45, 2.75) is 106 Å². The van der Waals surface area contributed by atoms with Crippen LogP contribution in [0.4, 0.5) is 0 Å². The van der Waals surface area contributed by atoms with Crippen LogP contribution in [0.3, 0.4) is 0 Å². The van der Waals surface area contributed by atoms with Gasteiger partial charge in [-0.15, -0.1) is 0 Å². The van der Waals surface area contributed by atoms with E-state index in [9.17, 15) is 48.6 Å². The number of benzene rings is 5. The third kappa shape index (κ3) is 18.4. The van der Waals surface area contributed by atoms with Gasteiger partial charge in [-0.25, -0.2) is 0 Å². The van der Waals surface area contributed by atoms with Crippen LogP contribution in [-0.4, -0.2) is 135 Å². The fourth-order valence-corrected chi connectivity index (χ4v) is 9.68. The number of aliphatic hydroxyl groups excluding tert-OH is 1. The summed E-state index contributed by atoms with van der Waals surface area (Å²) in [6.45, 7) is 1.47. The van der Waals surface area contributed by atoms with E-state index in [1.807, 2.05) is 54.6 Å². The van der Waals surface area contributed by atoms with E-state index in [-0.39, 0.29) is 55.9 Å². The van der Waals surface area contributed by atoms with Crippen LogP contribution in [0, 0.1) is 0 Å². The molecular weight excluding hydrogens is 1110 g/mol. The SMILES string of the molecule is C[C@@H](O)[C@H](NC(=O)[C@H](CCCCN)NC(=O)[C@@H](Cc1c[nH]c2ccccc12)NC(=O)[C@H](Cc1ccc(O)cc1)NC(=O)[C@@H](CS)NC(=O)[C@H](N)Cc1ccc(Cl)cc1)C(=O)N[C@@H](CS)C(=O)N[C@@H](Cc1ccc2ccccc2c1)C(N)=O. The minimum atomic E-state index is -1.70. The van der Waals surface area contributed by atoms with Crippen LogP contribution in [0.5, 0.6) is 5.75 Å². The number of phenols is 1. The van der Waals surface area contributed by atoms with Gasteiger partial charge in [0.2, 0.25) is 47.3 Å². The van der Waals surface area contributed by atoms with E-state index < -0.39 is 102 Å². The molecule has 0 aliphatic carbocycles. The Morgan fingerprint density at radius 1 is 0.561 bits per heavy atom. The van der Waals surface area contributed by atoms with Gasteiger partial charge in [0.25, 0.3) is 0 Å². The van der Waals surface area contributed by atoms with E-state index in [2.05, 4.69) is 67.5 Å². The number of phenolic OH excluding ortho intramolecular Hbond substituents is 1. The summed E-state index contributed by atoms with van der Waals surface area (Å²) in [5, 5.41) is 42.5. The number of aromatic nitrogens is 1. The molecule has 8 amide bonds. The number of thiol groups is 2. The normalized spacial score (nSPS) is 14.6. The van der Waals surface area contributed by atoms with Crippen LogP contribution in [0.1, 0.15) is 48.4 Å². The minimum absolute atomic E-state index is 0.0240. The second-order valence-corrected chi connectivity index (χ2v) is 21.1. The van der Waals surface area contributed by atoms with Gasteiger partial charge in [-0.1, -0.05) is 96.5 Å². The highest BCUT2D eigenvalue weighted by Gasteiger charge is 2.36. The van der Waals surface area contributed by atoms with Gasteiger partial charge in [0.1, 0.15) is 48.0 Å². The number of rotatable bonds is 30. The number of primary amides is 1. The van der Waals surface area contributed by atoms with Crippen LogP contribution in [0.25, 0.3) is 21.7 Å². The maximum Gasteiger partial charge on any atom is 0.245 e. The van der Waals surface area contributed by atoms with Crippen molar-refractivity contribution in [1.29, 1.82) is 0 Å². The number of amides is 8. The number of para-hydroxylation sites is 1. The lowest BCUT2D eigenvalue weighted by atomic mass is 10.0. The van der Waals surface area contributed by atoms with Gasteiger partial charge in [0.05, 0.1) is 12.1 Å². The Labute approximate surface area is 490 Å². The maximum absolute atomic E-state index is 14.8. The number of aromatic amines is 1. The molecule has 1 heterocycles. The summed E-state index contributed by atoms with van der Waals surface area (Å²) in [6, 6.07) is 22.1. The first kappa shape index (κ1) is 63.5. The average Bonchev–Trinajstić information content (AvgIpc) is 3.94. The van der Waals surface area contributed by atoms with Gasteiger partial charge >= 0.3 is 0 Å². The summed E-state index contributed by atoms with van der Waals surface area (Å²) in [6.07, 6.45) is 0.645. The number of aliphatic hydroxyl groups is 1. The lowest BCUT2D eigenvalue weighted by Crippen LogP contribution is -2.62. The molecule has 0 saturated heterocycles. The highest BCUT2D eigenvalue weighted by atomic mass is 35.5. The number of hydrogen-bond donors (Lipinski definition) is 15. The van der Waals surface area contributed by atoms with E-state index in [1.165, 1.54) is 31.2 Å². The summed E-state index contributed by atoms with van der Waals surface area (Å²) < 4.78 is 0. The zero-order valence-corrected chi connectivity index (χ0v) is 47.5. The number of carbonyl (C=O) groups is 8. The Morgan fingerprint density at radius 2 is 1.06 bits per heavy atom. The molecule has 24 heteroatoms. The summed E-state index contributed by atoms with van der Waals surface area (Å²) in [5.74, 6) is -7.27. The van der Waals surface area contributed by atoms with Crippen LogP contribution >= 0.6 is 36.9 Å².